The van der Waals surface area contributed by atoms with Crippen LogP contribution in [0.2, 0.25) is 0 Å². The SMILES string of the molecule is CN=C(NCCS(=O)Cc1ccccc1)NC(C)c1ccccc1Br.I. The predicted molar refractivity (Wildman–Crippen MR) is 126 cm³/mol. The van der Waals surface area contributed by atoms with E-state index in [1.165, 1.54) is 0 Å². The highest BCUT2D eigenvalue weighted by Crippen LogP contribution is 2.22. The van der Waals surface area contributed by atoms with Gasteiger partial charge in [0, 0.05) is 40.4 Å². The van der Waals surface area contributed by atoms with Crippen molar-refractivity contribution in [3.05, 3.63) is 70.2 Å². The Morgan fingerprint density at radius 1 is 1.15 bits per heavy atom. The summed E-state index contributed by atoms with van der Waals surface area (Å²) in [6.07, 6.45) is 0. The van der Waals surface area contributed by atoms with Gasteiger partial charge in [0.05, 0.1) is 6.04 Å². The van der Waals surface area contributed by atoms with E-state index in [-0.39, 0.29) is 30.0 Å². The summed E-state index contributed by atoms with van der Waals surface area (Å²) in [5.74, 6) is 1.88. The summed E-state index contributed by atoms with van der Waals surface area (Å²) < 4.78 is 13.2. The molecule has 0 heterocycles. The van der Waals surface area contributed by atoms with Gasteiger partial charge in [-0.1, -0.05) is 64.5 Å². The lowest BCUT2D eigenvalue weighted by molar-refractivity contribution is 0.675. The first-order chi connectivity index (χ1) is 12.1. The van der Waals surface area contributed by atoms with Crippen molar-refractivity contribution >= 4 is 56.7 Å². The number of hydrogen-bond acceptors (Lipinski definition) is 2. The van der Waals surface area contributed by atoms with Crippen LogP contribution < -0.4 is 10.6 Å². The van der Waals surface area contributed by atoms with Crippen LogP contribution in [-0.4, -0.2) is 29.5 Å². The Labute approximate surface area is 183 Å². The normalized spacial score (nSPS) is 13.4. The number of benzene rings is 2. The van der Waals surface area contributed by atoms with Gasteiger partial charge in [-0.15, -0.1) is 24.0 Å². The fraction of sp³-hybridized carbons (Fsp3) is 0.316. The third-order valence-electron chi connectivity index (χ3n) is 3.74. The molecule has 2 unspecified atom stereocenters. The van der Waals surface area contributed by atoms with Gasteiger partial charge >= 0.3 is 0 Å². The quantitative estimate of drug-likeness (QED) is 0.308. The van der Waals surface area contributed by atoms with Crippen molar-refractivity contribution in [2.75, 3.05) is 19.3 Å². The topological polar surface area (TPSA) is 53.5 Å². The molecule has 4 nitrogen and oxygen atoms in total. The third-order valence-corrected chi connectivity index (χ3v) is 5.78. The van der Waals surface area contributed by atoms with E-state index in [9.17, 15) is 4.21 Å². The number of aliphatic imine (C=N–C) groups is 1. The Balaban J connectivity index is 0.00000338. The molecule has 0 aliphatic rings. The Hall–Kier alpha value is -0.930. The minimum Gasteiger partial charge on any atom is -0.355 e. The maximum absolute atomic E-state index is 12.2. The second-order valence-corrected chi connectivity index (χ2v) is 8.09. The zero-order chi connectivity index (χ0) is 18.1. The lowest BCUT2D eigenvalue weighted by atomic mass is 10.1. The maximum Gasteiger partial charge on any atom is 0.191 e. The van der Waals surface area contributed by atoms with E-state index in [2.05, 4.69) is 44.5 Å². The molecule has 0 bridgehead atoms. The van der Waals surface area contributed by atoms with Crippen LogP contribution in [-0.2, 0) is 16.6 Å². The van der Waals surface area contributed by atoms with Gasteiger partial charge in [0.2, 0.25) is 0 Å². The molecule has 2 rings (SSSR count). The molecule has 142 valence electrons. The van der Waals surface area contributed by atoms with E-state index < -0.39 is 10.8 Å². The van der Waals surface area contributed by atoms with Crippen molar-refractivity contribution in [2.24, 2.45) is 4.99 Å². The Bertz CT molecular complexity index is 728. The molecule has 2 aromatic carbocycles. The first kappa shape index (κ1) is 23.1. The molecular formula is C19H25BrIN3OS. The Kier molecular flexibility index (Phi) is 11.1. The highest BCUT2D eigenvalue weighted by molar-refractivity contribution is 14.0. The molecule has 0 saturated heterocycles. The molecule has 2 N–H and O–H groups in total. The van der Waals surface area contributed by atoms with Gasteiger partial charge in [-0.3, -0.25) is 9.20 Å². The van der Waals surface area contributed by atoms with Gasteiger partial charge in [-0.05, 0) is 24.1 Å². The minimum atomic E-state index is -0.895. The fourth-order valence-electron chi connectivity index (χ4n) is 2.42. The average Bonchev–Trinajstić information content (AvgIpc) is 2.62. The molecule has 2 aromatic rings. The van der Waals surface area contributed by atoms with E-state index in [1.54, 1.807) is 7.05 Å². The Morgan fingerprint density at radius 3 is 2.46 bits per heavy atom. The summed E-state index contributed by atoms with van der Waals surface area (Å²) in [6, 6.07) is 18.1. The van der Waals surface area contributed by atoms with Crippen LogP contribution in [0.4, 0.5) is 0 Å². The number of hydrogen-bond donors (Lipinski definition) is 2. The van der Waals surface area contributed by atoms with Crippen LogP contribution in [0.1, 0.15) is 24.1 Å². The number of guanidine groups is 1. The van der Waals surface area contributed by atoms with Crippen molar-refractivity contribution < 1.29 is 4.21 Å². The fourth-order valence-corrected chi connectivity index (χ4v) is 4.09. The number of nitrogens with zero attached hydrogens (tertiary/aromatic N) is 1. The van der Waals surface area contributed by atoms with Crippen LogP contribution in [0.25, 0.3) is 0 Å². The zero-order valence-electron chi connectivity index (χ0n) is 14.9. The molecule has 0 fully saturated rings. The van der Waals surface area contributed by atoms with Gasteiger partial charge in [0.1, 0.15) is 0 Å². The van der Waals surface area contributed by atoms with Gasteiger partial charge in [0.25, 0.3) is 0 Å². The molecule has 0 aliphatic heterocycles. The molecule has 26 heavy (non-hydrogen) atoms. The molecule has 0 saturated carbocycles. The maximum atomic E-state index is 12.2. The first-order valence-corrected chi connectivity index (χ1v) is 10.5. The number of rotatable bonds is 7. The van der Waals surface area contributed by atoms with E-state index in [4.69, 9.17) is 0 Å². The Morgan fingerprint density at radius 2 is 1.81 bits per heavy atom. The monoisotopic (exact) mass is 549 g/mol. The summed E-state index contributed by atoms with van der Waals surface area (Å²) >= 11 is 3.57. The van der Waals surface area contributed by atoms with Crippen molar-refractivity contribution in [1.82, 2.24) is 10.6 Å². The van der Waals surface area contributed by atoms with Crippen molar-refractivity contribution in [2.45, 2.75) is 18.7 Å². The molecule has 0 aliphatic carbocycles. The summed E-state index contributed by atoms with van der Waals surface area (Å²) in [5.41, 5.74) is 2.27. The van der Waals surface area contributed by atoms with E-state index in [0.29, 0.717) is 24.0 Å². The smallest absolute Gasteiger partial charge is 0.191 e. The largest absolute Gasteiger partial charge is 0.355 e. The highest BCUT2D eigenvalue weighted by Gasteiger charge is 2.10. The van der Waals surface area contributed by atoms with Crippen LogP contribution in [0.5, 0.6) is 0 Å². The van der Waals surface area contributed by atoms with Crippen LogP contribution in [0, 0.1) is 0 Å². The third kappa shape index (κ3) is 7.75. The van der Waals surface area contributed by atoms with Gasteiger partial charge in [-0.25, -0.2) is 0 Å². The van der Waals surface area contributed by atoms with Crippen molar-refractivity contribution in [3.8, 4) is 0 Å². The summed E-state index contributed by atoms with van der Waals surface area (Å²) in [5, 5.41) is 6.59. The highest BCUT2D eigenvalue weighted by atomic mass is 127. The molecular weight excluding hydrogens is 525 g/mol. The summed E-state index contributed by atoms with van der Waals surface area (Å²) in [4.78, 5) is 4.24. The molecule has 0 spiro atoms. The molecule has 7 heteroatoms. The van der Waals surface area contributed by atoms with Crippen LogP contribution >= 0.6 is 39.9 Å². The van der Waals surface area contributed by atoms with Crippen LogP contribution in [0.15, 0.2) is 64.1 Å². The van der Waals surface area contributed by atoms with Crippen molar-refractivity contribution in [1.29, 1.82) is 0 Å². The zero-order valence-corrected chi connectivity index (χ0v) is 19.7. The molecule has 0 radical (unpaired) electrons. The standard InChI is InChI=1S/C19H24BrN3OS.HI/c1-15(17-10-6-7-11-18(17)20)23-19(21-2)22-12-13-25(24)14-16-8-4-3-5-9-16;/h3-11,15H,12-14H2,1-2H3,(H2,21,22,23);1H. The molecule has 2 atom stereocenters. The second-order valence-electron chi connectivity index (χ2n) is 5.66. The lowest BCUT2D eigenvalue weighted by Crippen LogP contribution is -2.40. The van der Waals surface area contributed by atoms with Gasteiger partial charge in [0.15, 0.2) is 5.96 Å². The van der Waals surface area contributed by atoms with Crippen molar-refractivity contribution in [3.63, 3.8) is 0 Å². The number of halogens is 2. The lowest BCUT2D eigenvalue weighted by Gasteiger charge is -2.19. The van der Waals surface area contributed by atoms with E-state index in [0.717, 1.165) is 15.6 Å². The average molecular weight is 550 g/mol. The first-order valence-electron chi connectivity index (χ1n) is 8.20. The minimum absolute atomic E-state index is 0. The predicted octanol–water partition coefficient (Wildman–Crippen LogP) is 4.24. The van der Waals surface area contributed by atoms with E-state index >= 15 is 0 Å². The molecule has 0 amide bonds. The van der Waals surface area contributed by atoms with Gasteiger partial charge in [-0.2, -0.15) is 0 Å². The van der Waals surface area contributed by atoms with E-state index in [1.807, 2.05) is 48.5 Å². The molecule has 0 aromatic heterocycles. The number of nitrogens with one attached hydrogen (secondary N) is 2. The van der Waals surface area contributed by atoms with Crippen LogP contribution in [0.3, 0.4) is 0 Å². The summed E-state index contributed by atoms with van der Waals surface area (Å²) in [6.45, 7) is 2.70. The second kappa shape index (κ2) is 12.5. The summed E-state index contributed by atoms with van der Waals surface area (Å²) in [7, 11) is 0.845. The van der Waals surface area contributed by atoms with Gasteiger partial charge < -0.3 is 10.6 Å².